The topological polar surface area (TPSA) is 99.1 Å². The van der Waals surface area contributed by atoms with Gasteiger partial charge in [-0.3, -0.25) is 14.5 Å². The molecule has 1 aliphatic rings. The molecular weight excluding hydrogens is 407 g/mol. The van der Waals surface area contributed by atoms with Crippen LogP contribution in [-0.4, -0.2) is 66.4 Å². The summed E-state index contributed by atoms with van der Waals surface area (Å²) in [4.78, 5) is 21.7. The number of carbonyl (C=O) groups is 2. The predicted octanol–water partition coefficient (Wildman–Crippen LogP) is 3.38. The fourth-order valence-corrected chi connectivity index (χ4v) is 3.16. The Hall–Kier alpha value is -1.54. The van der Waals surface area contributed by atoms with Crippen LogP contribution in [0.4, 0.5) is 0 Å². The third-order valence-corrected chi connectivity index (χ3v) is 4.65. The summed E-state index contributed by atoms with van der Waals surface area (Å²) in [5.41, 5.74) is 0. The van der Waals surface area contributed by atoms with Crippen LogP contribution in [0.15, 0.2) is 18.2 Å². The van der Waals surface area contributed by atoms with Crippen molar-refractivity contribution >= 4 is 35.1 Å². The summed E-state index contributed by atoms with van der Waals surface area (Å²) in [6, 6.07) is 5.39. The Bertz CT molecular complexity index is 610. The van der Waals surface area contributed by atoms with Crippen LogP contribution in [0.3, 0.4) is 0 Å². The van der Waals surface area contributed by atoms with E-state index in [4.69, 9.17) is 38.2 Å². The summed E-state index contributed by atoms with van der Waals surface area (Å²) in [6.07, 6.45) is 3.11. The van der Waals surface area contributed by atoms with E-state index in [1.165, 1.54) is 25.9 Å². The van der Waals surface area contributed by atoms with Crippen molar-refractivity contribution in [3.05, 3.63) is 28.2 Å². The highest BCUT2D eigenvalue weighted by atomic mass is 35.5. The van der Waals surface area contributed by atoms with Gasteiger partial charge in [-0.15, -0.1) is 0 Å². The molecule has 7 nitrogen and oxygen atoms in total. The van der Waals surface area contributed by atoms with Gasteiger partial charge in [-0.25, -0.2) is 0 Å². The highest BCUT2D eigenvalue weighted by Crippen LogP contribution is 2.29. The van der Waals surface area contributed by atoms with Crippen LogP contribution >= 0.6 is 23.2 Å². The van der Waals surface area contributed by atoms with Crippen molar-refractivity contribution in [3.63, 3.8) is 0 Å². The lowest BCUT2D eigenvalue weighted by Crippen LogP contribution is -2.35. The van der Waals surface area contributed by atoms with Gasteiger partial charge in [0, 0.05) is 11.6 Å². The molecule has 28 heavy (non-hydrogen) atoms. The summed E-state index contributed by atoms with van der Waals surface area (Å²) in [5.74, 6) is -1.43. The van der Waals surface area contributed by atoms with Gasteiger partial charge in [-0.1, -0.05) is 23.2 Å². The van der Waals surface area contributed by atoms with E-state index in [0.29, 0.717) is 10.0 Å². The van der Waals surface area contributed by atoms with Crippen molar-refractivity contribution in [2.75, 3.05) is 33.2 Å². The smallest absolute Gasteiger partial charge is 0.303 e. The number of hydrogen-bond donors (Lipinski definition) is 3. The van der Waals surface area contributed by atoms with Crippen molar-refractivity contribution in [1.82, 2.24) is 10.2 Å². The van der Waals surface area contributed by atoms with Crippen molar-refractivity contribution in [2.45, 2.75) is 38.2 Å². The van der Waals surface area contributed by atoms with Crippen LogP contribution in [0.5, 0.6) is 5.75 Å². The van der Waals surface area contributed by atoms with E-state index in [0.717, 1.165) is 25.3 Å². The molecule has 0 aliphatic carbocycles. The average molecular weight is 435 g/mol. The fourth-order valence-electron chi connectivity index (χ4n) is 2.71. The van der Waals surface area contributed by atoms with Crippen LogP contribution in [0.2, 0.25) is 10.0 Å². The number of nitrogens with one attached hydrogen (secondary N) is 1. The lowest BCUT2D eigenvalue weighted by molar-refractivity contribution is -0.143. The molecule has 0 bridgehead atoms. The zero-order valence-electron chi connectivity index (χ0n) is 16.0. The van der Waals surface area contributed by atoms with Gasteiger partial charge in [0.1, 0.15) is 11.9 Å². The van der Waals surface area contributed by atoms with Crippen LogP contribution < -0.4 is 10.1 Å². The molecule has 1 aliphatic heterocycles. The third-order valence-electron chi connectivity index (χ3n) is 4.12. The molecule has 0 radical (unpaired) electrons. The number of hydrogen-bond acceptors (Lipinski definition) is 5. The lowest BCUT2D eigenvalue weighted by Gasteiger charge is -2.25. The second-order valence-corrected chi connectivity index (χ2v) is 7.35. The normalized spacial score (nSPS) is 14.8. The maximum atomic E-state index is 9.64. The number of carboxylic acids is 2. The highest BCUT2D eigenvalue weighted by Gasteiger charge is 2.19. The molecule has 9 heteroatoms. The Morgan fingerprint density at radius 2 is 1.79 bits per heavy atom. The number of ether oxygens (including phenoxy) is 1. The van der Waals surface area contributed by atoms with Gasteiger partial charge in [-0.2, -0.15) is 0 Å². The first-order valence-electron chi connectivity index (χ1n) is 9.24. The largest absolute Gasteiger partial charge is 0.487 e. The molecule has 2 rings (SSSR count). The summed E-state index contributed by atoms with van der Waals surface area (Å²) in [5, 5.41) is 20.2. The molecule has 1 atom stereocenters. The summed E-state index contributed by atoms with van der Waals surface area (Å²) in [7, 11) is 1.96. The van der Waals surface area contributed by atoms with Crippen LogP contribution in [-0.2, 0) is 9.59 Å². The maximum absolute atomic E-state index is 9.64. The van der Waals surface area contributed by atoms with Crippen molar-refractivity contribution in [2.24, 2.45) is 0 Å². The standard InChI is InChI=1S/C15H22Cl2N2O.C4H6O4/c1-18-7-6-13(11-19-8-2-3-9-19)20-15-5-4-12(16)10-14(15)17;5-3(6)1-2-4(7)8/h4-5,10,13,18H,2-3,6-9,11H2,1H3;1-2H2,(H,5,6)(H,7,8)/t13-;/m1./s1. The number of halogens is 2. The summed E-state index contributed by atoms with van der Waals surface area (Å²) < 4.78 is 6.09. The molecule has 1 aromatic carbocycles. The van der Waals surface area contributed by atoms with E-state index in [9.17, 15) is 9.59 Å². The van der Waals surface area contributed by atoms with Gasteiger partial charge in [0.15, 0.2) is 0 Å². The van der Waals surface area contributed by atoms with Gasteiger partial charge in [0.25, 0.3) is 0 Å². The van der Waals surface area contributed by atoms with Crippen LogP contribution in [0, 0.1) is 0 Å². The summed E-state index contributed by atoms with van der Waals surface area (Å²) in [6.45, 7) is 4.24. The average Bonchev–Trinajstić information content (AvgIpc) is 3.14. The maximum Gasteiger partial charge on any atom is 0.303 e. The molecule has 158 valence electrons. The number of carboxylic acid groups (broad SMARTS) is 2. The zero-order valence-corrected chi connectivity index (χ0v) is 17.5. The molecule has 0 saturated carbocycles. The van der Waals surface area contributed by atoms with E-state index < -0.39 is 11.9 Å². The van der Waals surface area contributed by atoms with E-state index in [1.807, 2.05) is 19.2 Å². The van der Waals surface area contributed by atoms with Gasteiger partial charge >= 0.3 is 11.9 Å². The molecule has 0 aromatic heterocycles. The predicted molar refractivity (Wildman–Crippen MR) is 110 cm³/mol. The molecule has 1 heterocycles. The Morgan fingerprint density at radius 1 is 1.18 bits per heavy atom. The quantitative estimate of drug-likeness (QED) is 0.518. The number of benzene rings is 1. The molecular formula is C19H28Cl2N2O5. The first kappa shape index (κ1) is 24.5. The van der Waals surface area contributed by atoms with Gasteiger partial charge in [-0.05, 0) is 64.1 Å². The van der Waals surface area contributed by atoms with Crippen molar-refractivity contribution in [1.29, 1.82) is 0 Å². The number of aliphatic carboxylic acids is 2. The zero-order chi connectivity index (χ0) is 20.9. The number of rotatable bonds is 10. The Balaban J connectivity index is 0.000000416. The van der Waals surface area contributed by atoms with E-state index in [-0.39, 0.29) is 18.9 Å². The van der Waals surface area contributed by atoms with Crippen LogP contribution in [0.25, 0.3) is 0 Å². The monoisotopic (exact) mass is 434 g/mol. The SMILES string of the molecule is CNCC[C@H](CN1CCCC1)Oc1ccc(Cl)cc1Cl.O=C(O)CCC(=O)O. The van der Waals surface area contributed by atoms with Gasteiger partial charge in [0.05, 0.1) is 17.9 Å². The second kappa shape index (κ2) is 13.6. The molecule has 3 N–H and O–H groups in total. The van der Waals surface area contributed by atoms with Gasteiger partial charge < -0.3 is 20.3 Å². The minimum Gasteiger partial charge on any atom is -0.487 e. The molecule has 0 spiro atoms. The van der Waals surface area contributed by atoms with E-state index >= 15 is 0 Å². The third kappa shape index (κ3) is 10.7. The Morgan fingerprint density at radius 3 is 2.29 bits per heavy atom. The number of likely N-dealkylation sites (tertiary alicyclic amines) is 1. The highest BCUT2D eigenvalue weighted by molar-refractivity contribution is 6.35. The van der Waals surface area contributed by atoms with Gasteiger partial charge in [0.2, 0.25) is 0 Å². The van der Waals surface area contributed by atoms with Crippen molar-refractivity contribution in [3.8, 4) is 5.75 Å². The van der Waals surface area contributed by atoms with E-state index in [2.05, 4.69) is 10.2 Å². The lowest BCUT2D eigenvalue weighted by atomic mass is 10.2. The Labute approximate surface area is 175 Å². The van der Waals surface area contributed by atoms with E-state index in [1.54, 1.807) is 6.07 Å². The number of nitrogens with zero attached hydrogens (tertiary/aromatic N) is 1. The minimum atomic E-state index is -1.08. The van der Waals surface area contributed by atoms with Crippen LogP contribution in [0.1, 0.15) is 32.1 Å². The second-order valence-electron chi connectivity index (χ2n) is 6.50. The molecule has 0 unspecified atom stereocenters. The summed E-state index contributed by atoms with van der Waals surface area (Å²) >= 11 is 12.1. The van der Waals surface area contributed by atoms with Crippen molar-refractivity contribution < 1.29 is 24.5 Å². The first-order valence-corrected chi connectivity index (χ1v) is 9.99. The Kier molecular flexibility index (Phi) is 11.9. The first-order chi connectivity index (χ1) is 13.3. The molecule has 1 saturated heterocycles. The molecule has 1 fully saturated rings. The fraction of sp³-hybridized carbons (Fsp3) is 0.579. The molecule has 1 aromatic rings. The minimum absolute atomic E-state index is 0.152. The molecule has 0 amide bonds.